The molecule has 0 aromatic carbocycles. The van der Waals surface area contributed by atoms with Crippen LogP contribution < -0.4 is 0 Å². The zero-order valence-corrected chi connectivity index (χ0v) is 9.19. The molecule has 0 heterocycles. The van der Waals surface area contributed by atoms with Crippen LogP contribution in [0.1, 0.15) is 60.8 Å². The molecule has 13 heavy (non-hydrogen) atoms. The van der Waals surface area contributed by atoms with E-state index in [1.54, 1.807) is 0 Å². The molecule has 0 nitrogen and oxygen atoms in total. The number of hydrogen-bond acceptors (Lipinski definition) is 0. The molecule has 0 fully saturated rings. The molecule has 0 aliphatic carbocycles. The van der Waals surface area contributed by atoms with Gasteiger partial charge in [-0.15, -0.1) is 0 Å². The van der Waals surface area contributed by atoms with Gasteiger partial charge in [0.2, 0.25) is 0 Å². The highest BCUT2D eigenvalue weighted by Gasteiger charge is 1.86. The largest absolute Gasteiger partial charge is 0.0988 e. The Balaban J connectivity index is -0.000000220. The third-order valence-electron chi connectivity index (χ3n) is 1.45. The van der Waals surface area contributed by atoms with Gasteiger partial charge in [-0.25, -0.2) is 0 Å². The van der Waals surface area contributed by atoms with E-state index in [0.29, 0.717) is 0 Å². The van der Waals surface area contributed by atoms with E-state index < -0.39 is 0 Å². The second-order valence-corrected chi connectivity index (χ2v) is 2.88. The van der Waals surface area contributed by atoms with E-state index >= 15 is 0 Å². The Morgan fingerprint density at radius 2 is 1.69 bits per heavy atom. The van der Waals surface area contributed by atoms with E-state index in [4.69, 9.17) is 0 Å². The molecule has 0 aliphatic heterocycles. The van der Waals surface area contributed by atoms with Crippen molar-refractivity contribution in [2.24, 2.45) is 0 Å². The van der Waals surface area contributed by atoms with Gasteiger partial charge in [-0.1, -0.05) is 65.3 Å². The second-order valence-electron chi connectivity index (χ2n) is 2.88. The Labute approximate surface area is 85.8 Å². The monoisotopic (exact) mass is 184 g/mol. The van der Waals surface area contributed by atoms with Crippen LogP contribution in [0.2, 0.25) is 0 Å². The zero-order chi connectivity index (χ0) is 9.82. The maximum Gasteiger partial charge on any atom is -0.0282 e. The molecule has 0 rings (SSSR count). The van der Waals surface area contributed by atoms with Gasteiger partial charge in [0.05, 0.1) is 0 Å². The van der Waals surface area contributed by atoms with Crippen molar-refractivity contribution in [1.82, 2.24) is 0 Å². The Morgan fingerprint density at radius 3 is 1.92 bits per heavy atom. The number of hydrogen-bond donors (Lipinski definition) is 0. The molecule has 0 saturated heterocycles. The number of unbranched alkanes of at least 4 members (excludes halogenated alkanes) is 1. The van der Waals surface area contributed by atoms with Gasteiger partial charge in [0.15, 0.2) is 0 Å². The van der Waals surface area contributed by atoms with Gasteiger partial charge in [0, 0.05) is 0 Å². The highest BCUT2D eigenvalue weighted by molar-refractivity contribution is 5.14. The Morgan fingerprint density at radius 1 is 1.23 bits per heavy atom. The Kier molecular flexibility index (Phi) is 24.7. The Hall–Kier alpha value is -0.520. The molecule has 0 heteroatoms. The molecule has 0 spiro atoms. The van der Waals surface area contributed by atoms with Crippen LogP contribution in [0.5, 0.6) is 0 Å². The first-order valence-electron chi connectivity index (χ1n) is 5.04. The lowest BCUT2D eigenvalue weighted by atomic mass is 10.1. The fraction of sp³-hybridized carbons (Fsp3) is 0.692. The lowest BCUT2D eigenvalue weighted by molar-refractivity contribution is 0.797. The highest BCUT2D eigenvalue weighted by Crippen LogP contribution is 2.06. The predicted molar refractivity (Wildman–Crippen MR) is 66.2 cm³/mol. The van der Waals surface area contributed by atoms with E-state index in [9.17, 15) is 0 Å². The van der Waals surface area contributed by atoms with Crippen molar-refractivity contribution in [3.63, 3.8) is 0 Å². The topological polar surface area (TPSA) is 0 Å². The zero-order valence-electron chi connectivity index (χ0n) is 9.19. The van der Waals surface area contributed by atoms with Crippen molar-refractivity contribution in [1.29, 1.82) is 0 Å². The minimum Gasteiger partial charge on any atom is -0.0988 e. The van der Waals surface area contributed by atoms with Crippen LogP contribution in [-0.2, 0) is 0 Å². The molecule has 0 aromatic heterocycles. The van der Waals surface area contributed by atoms with Crippen molar-refractivity contribution in [2.75, 3.05) is 0 Å². The van der Waals surface area contributed by atoms with E-state index in [0.717, 1.165) is 0 Å². The van der Waals surface area contributed by atoms with Crippen LogP contribution in [0.15, 0.2) is 24.3 Å². The standard InChI is InChI=1S/C9H16.C3H8.CH4/c1-4-7-8-9(5-2)6-3;1-3-2;/h5-6H,2,4,7-8H2,1,3H3;3H2,1-2H3;1H4/b9-6+;;. The third-order valence-corrected chi connectivity index (χ3v) is 1.45. The molecule has 0 saturated carbocycles. The van der Waals surface area contributed by atoms with Gasteiger partial charge in [-0.05, 0) is 19.8 Å². The lowest BCUT2D eigenvalue weighted by Crippen LogP contribution is -1.76. The summed E-state index contributed by atoms with van der Waals surface area (Å²) in [6.07, 6.45) is 9.06. The summed E-state index contributed by atoms with van der Waals surface area (Å²) in [4.78, 5) is 0. The van der Waals surface area contributed by atoms with Crippen LogP contribution >= 0.6 is 0 Å². The number of allylic oxidation sites excluding steroid dienone is 3. The first-order valence-corrected chi connectivity index (χ1v) is 5.04. The van der Waals surface area contributed by atoms with Gasteiger partial charge in [-0.2, -0.15) is 0 Å². The van der Waals surface area contributed by atoms with Crippen LogP contribution in [0.25, 0.3) is 0 Å². The summed E-state index contributed by atoms with van der Waals surface area (Å²) in [6.45, 7) is 12.2. The minimum absolute atomic E-state index is 0. The average Bonchev–Trinajstić information content (AvgIpc) is 2.08. The van der Waals surface area contributed by atoms with Gasteiger partial charge in [0.1, 0.15) is 0 Å². The first kappa shape index (κ1) is 18.3. The van der Waals surface area contributed by atoms with Gasteiger partial charge in [0.25, 0.3) is 0 Å². The normalized spacial score (nSPS) is 9.38. The smallest absolute Gasteiger partial charge is 0.0282 e. The summed E-state index contributed by atoms with van der Waals surface area (Å²) in [7, 11) is 0. The van der Waals surface area contributed by atoms with E-state index in [-0.39, 0.29) is 7.43 Å². The van der Waals surface area contributed by atoms with Crippen molar-refractivity contribution in [3.8, 4) is 0 Å². The molecule has 0 N–H and O–H groups in total. The summed E-state index contributed by atoms with van der Waals surface area (Å²) in [5.74, 6) is 0. The molecule has 0 aliphatic rings. The van der Waals surface area contributed by atoms with Crippen LogP contribution in [0, 0.1) is 0 Å². The van der Waals surface area contributed by atoms with E-state index in [1.807, 2.05) is 6.08 Å². The molecular formula is C13H28. The fourth-order valence-corrected chi connectivity index (χ4v) is 0.745. The van der Waals surface area contributed by atoms with Crippen molar-refractivity contribution >= 4 is 0 Å². The molecular weight excluding hydrogens is 156 g/mol. The molecule has 0 amide bonds. The van der Waals surface area contributed by atoms with E-state index in [2.05, 4.69) is 40.3 Å². The van der Waals surface area contributed by atoms with Gasteiger partial charge < -0.3 is 0 Å². The van der Waals surface area contributed by atoms with E-state index in [1.165, 1.54) is 31.3 Å². The fourth-order valence-electron chi connectivity index (χ4n) is 0.745. The predicted octanol–water partition coefficient (Wildman–Crippen LogP) is 5.36. The van der Waals surface area contributed by atoms with Crippen molar-refractivity contribution in [3.05, 3.63) is 24.3 Å². The third kappa shape index (κ3) is 18.4. The Bertz CT molecular complexity index is 109. The second kappa shape index (κ2) is 17.5. The molecule has 0 radical (unpaired) electrons. The van der Waals surface area contributed by atoms with Crippen molar-refractivity contribution in [2.45, 2.75) is 60.8 Å². The van der Waals surface area contributed by atoms with Crippen molar-refractivity contribution < 1.29 is 0 Å². The molecule has 0 atom stereocenters. The number of rotatable bonds is 4. The quantitative estimate of drug-likeness (QED) is 0.516. The maximum absolute atomic E-state index is 3.72. The van der Waals surface area contributed by atoms with Crippen LogP contribution in [0.3, 0.4) is 0 Å². The summed E-state index contributed by atoms with van der Waals surface area (Å²) >= 11 is 0. The lowest BCUT2D eigenvalue weighted by Gasteiger charge is -1.96. The first-order chi connectivity index (χ1) is 5.76. The van der Waals surface area contributed by atoms with Crippen LogP contribution in [0.4, 0.5) is 0 Å². The average molecular weight is 184 g/mol. The van der Waals surface area contributed by atoms with Crippen LogP contribution in [-0.4, -0.2) is 0 Å². The van der Waals surface area contributed by atoms with Gasteiger partial charge in [-0.3, -0.25) is 0 Å². The molecule has 0 bridgehead atoms. The summed E-state index contributed by atoms with van der Waals surface area (Å²) in [5.41, 5.74) is 1.37. The molecule has 0 aromatic rings. The van der Waals surface area contributed by atoms with Gasteiger partial charge >= 0.3 is 0 Å². The SMILES string of the molecule is C.C=C/C(=C\C)CCCC.CCC. The highest BCUT2D eigenvalue weighted by atomic mass is 13.9. The summed E-state index contributed by atoms with van der Waals surface area (Å²) < 4.78 is 0. The minimum atomic E-state index is 0. The summed E-state index contributed by atoms with van der Waals surface area (Å²) in [5, 5.41) is 0. The molecule has 80 valence electrons. The maximum atomic E-state index is 3.72. The molecule has 0 unspecified atom stereocenters. The summed E-state index contributed by atoms with van der Waals surface area (Å²) in [6, 6.07) is 0.